The Morgan fingerprint density at radius 2 is 1.63 bits per heavy atom. The first-order valence-corrected chi connectivity index (χ1v) is 8.88. The Kier molecular flexibility index (Phi) is 5.41. The van der Waals surface area contributed by atoms with Gasteiger partial charge < -0.3 is 9.88 Å². The van der Waals surface area contributed by atoms with Crippen molar-refractivity contribution in [2.45, 2.75) is 27.7 Å². The lowest BCUT2D eigenvalue weighted by Gasteiger charge is -2.15. The lowest BCUT2D eigenvalue weighted by Crippen LogP contribution is -2.24. The topological polar surface area (TPSA) is 58.4 Å². The Bertz CT molecular complexity index is 967. The van der Waals surface area contributed by atoms with E-state index in [9.17, 15) is 4.79 Å². The van der Waals surface area contributed by atoms with E-state index in [0.717, 1.165) is 22.6 Å². The molecule has 2 amide bonds. The number of benzene rings is 2. The van der Waals surface area contributed by atoms with Crippen molar-refractivity contribution in [3.05, 3.63) is 82.7 Å². The zero-order chi connectivity index (χ0) is 19.4. The molecule has 27 heavy (non-hydrogen) atoms. The third-order valence-corrected chi connectivity index (χ3v) is 4.53. The summed E-state index contributed by atoms with van der Waals surface area (Å²) < 4.78 is 2.23. The molecule has 0 atom stereocenters. The van der Waals surface area contributed by atoms with E-state index < -0.39 is 0 Å². The fourth-order valence-electron chi connectivity index (χ4n) is 3.26. The highest BCUT2D eigenvalue weighted by Crippen LogP contribution is 2.25. The Morgan fingerprint density at radius 3 is 2.30 bits per heavy atom. The molecule has 3 rings (SSSR count). The van der Waals surface area contributed by atoms with Crippen LogP contribution in [0.25, 0.3) is 5.69 Å². The van der Waals surface area contributed by atoms with Gasteiger partial charge in [0.05, 0.1) is 11.9 Å². The zero-order valence-electron chi connectivity index (χ0n) is 16.1. The summed E-state index contributed by atoms with van der Waals surface area (Å²) in [5, 5.41) is 6.82. The van der Waals surface area contributed by atoms with Gasteiger partial charge >= 0.3 is 6.03 Å². The Morgan fingerprint density at radius 1 is 0.963 bits per heavy atom. The first kappa shape index (κ1) is 18.5. The van der Waals surface area contributed by atoms with Crippen LogP contribution in [0.4, 0.5) is 10.5 Å². The van der Waals surface area contributed by atoms with Crippen LogP contribution in [-0.2, 0) is 0 Å². The molecule has 1 aromatic heterocycles. The molecule has 0 aliphatic heterocycles. The van der Waals surface area contributed by atoms with Crippen molar-refractivity contribution >= 4 is 17.9 Å². The SMILES string of the molecule is Cc1cccc(C)c1-n1c(C)cc(/C=N/NC(=O)Nc2ccccc2)c1C. The van der Waals surface area contributed by atoms with Crippen molar-refractivity contribution in [3.8, 4) is 5.69 Å². The number of amides is 2. The molecule has 1 heterocycles. The number of para-hydroxylation sites is 2. The number of aromatic nitrogens is 1. The Labute approximate surface area is 159 Å². The van der Waals surface area contributed by atoms with Crippen LogP contribution < -0.4 is 10.7 Å². The van der Waals surface area contributed by atoms with Gasteiger partial charge in [-0.05, 0) is 57.0 Å². The van der Waals surface area contributed by atoms with Crippen LogP contribution in [-0.4, -0.2) is 16.8 Å². The first-order chi connectivity index (χ1) is 13.0. The number of hydrogen-bond donors (Lipinski definition) is 2. The number of carbonyl (C=O) groups is 1. The molecule has 0 saturated heterocycles. The van der Waals surface area contributed by atoms with E-state index in [1.807, 2.05) is 30.3 Å². The molecule has 0 aliphatic rings. The van der Waals surface area contributed by atoms with Crippen molar-refractivity contribution in [1.82, 2.24) is 9.99 Å². The number of aryl methyl sites for hydroxylation is 3. The van der Waals surface area contributed by atoms with E-state index in [-0.39, 0.29) is 6.03 Å². The summed E-state index contributed by atoms with van der Waals surface area (Å²) in [5.41, 5.74) is 10.0. The van der Waals surface area contributed by atoms with Gasteiger partial charge in [-0.3, -0.25) is 0 Å². The lowest BCUT2D eigenvalue weighted by atomic mass is 10.1. The predicted octanol–water partition coefficient (Wildman–Crippen LogP) is 4.87. The van der Waals surface area contributed by atoms with E-state index in [2.05, 4.69) is 72.4 Å². The van der Waals surface area contributed by atoms with Crippen LogP contribution in [0, 0.1) is 27.7 Å². The van der Waals surface area contributed by atoms with E-state index in [4.69, 9.17) is 0 Å². The lowest BCUT2D eigenvalue weighted by molar-refractivity contribution is 0.252. The molecule has 0 bridgehead atoms. The van der Waals surface area contributed by atoms with Gasteiger partial charge in [0, 0.05) is 22.6 Å². The van der Waals surface area contributed by atoms with Crippen molar-refractivity contribution in [3.63, 3.8) is 0 Å². The minimum absolute atomic E-state index is 0.374. The van der Waals surface area contributed by atoms with Crippen molar-refractivity contribution in [2.75, 3.05) is 5.32 Å². The van der Waals surface area contributed by atoms with Crippen molar-refractivity contribution in [2.24, 2.45) is 5.10 Å². The molecule has 0 aliphatic carbocycles. The van der Waals surface area contributed by atoms with Gasteiger partial charge in [0.1, 0.15) is 0 Å². The van der Waals surface area contributed by atoms with E-state index >= 15 is 0 Å². The molecule has 0 unspecified atom stereocenters. The van der Waals surface area contributed by atoms with Crippen LogP contribution in [0.5, 0.6) is 0 Å². The molecule has 5 nitrogen and oxygen atoms in total. The summed E-state index contributed by atoms with van der Waals surface area (Å²) in [7, 11) is 0. The minimum atomic E-state index is -0.374. The minimum Gasteiger partial charge on any atom is -0.317 e. The van der Waals surface area contributed by atoms with Gasteiger partial charge in [0.25, 0.3) is 0 Å². The predicted molar refractivity (Wildman–Crippen MR) is 111 cm³/mol. The van der Waals surface area contributed by atoms with Crippen molar-refractivity contribution < 1.29 is 4.79 Å². The molecule has 5 heteroatoms. The molecule has 0 fully saturated rings. The number of urea groups is 1. The van der Waals surface area contributed by atoms with Gasteiger partial charge in [0.2, 0.25) is 0 Å². The van der Waals surface area contributed by atoms with Crippen LogP contribution in [0.2, 0.25) is 0 Å². The van der Waals surface area contributed by atoms with Gasteiger partial charge in [-0.25, -0.2) is 10.2 Å². The van der Waals surface area contributed by atoms with Gasteiger partial charge in [0.15, 0.2) is 0 Å². The van der Waals surface area contributed by atoms with Crippen LogP contribution >= 0.6 is 0 Å². The summed E-state index contributed by atoms with van der Waals surface area (Å²) >= 11 is 0. The maximum absolute atomic E-state index is 11.9. The smallest absolute Gasteiger partial charge is 0.317 e. The van der Waals surface area contributed by atoms with Crippen molar-refractivity contribution in [1.29, 1.82) is 0 Å². The summed E-state index contributed by atoms with van der Waals surface area (Å²) in [6.07, 6.45) is 1.68. The van der Waals surface area contributed by atoms with Gasteiger partial charge in [-0.1, -0.05) is 36.4 Å². The van der Waals surface area contributed by atoms with Gasteiger partial charge in [-0.2, -0.15) is 5.10 Å². The Hall–Kier alpha value is -3.34. The van der Waals surface area contributed by atoms with Crippen LogP contribution in [0.3, 0.4) is 0 Å². The number of carbonyl (C=O) groups excluding carboxylic acids is 1. The quantitative estimate of drug-likeness (QED) is 0.506. The second-order valence-corrected chi connectivity index (χ2v) is 6.59. The summed E-state index contributed by atoms with van der Waals surface area (Å²) in [6, 6.07) is 17.3. The number of hydrazone groups is 1. The second kappa shape index (κ2) is 7.91. The highest BCUT2D eigenvalue weighted by molar-refractivity contribution is 5.90. The molecule has 138 valence electrons. The molecule has 0 saturated carbocycles. The fraction of sp³-hybridized carbons (Fsp3) is 0.182. The first-order valence-electron chi connectivity index (χ1n) is 8.88. The standard InChI is InChI=1S/C22H24N4O/c1-15-9-8-10-16(2)21(15)26-17(3)13-19(18(26)4)14-23-25-22(27)24-20-11-6-5-7-12-20/h5-14H,1-4H3,(H2,24,25,27)/b23-14+. The molecule has 3 aromatic rings. The molecule has 2 aromatic carbocycles. The third kappa shape index (κ3) is 4.08. The molecular formula is C22H24N4O. The monoisotopic (exact) mass is 360 g/mol. The normalized spacial score (nSPS) is 11.0. The summed E-state index contributed by atoms with van der Waals surface area (Å²) in [4.78, 5) is 11.9. The average Bonchev–Trinajstić information content (AvgIpc) is 2.90. The molecular weight excluding hydrogens is 336 g/mol. The largest absolute Gasteiger partial charge is 0.339 e. The van der Waals surface area contributed by atoms with E-state index in [0.29, 0.717) is 0 Å². The maximum atomic E-state index is 11.9. The van der Waals surface area contributed by atoms with Crippen LogP contribution in [0.1, 0.15) is 28.1 Å². The summed E-state index contributed by atoms with van der Waals surface area (Å²) in [6.45, 7) is 8.37. The van der Waals surface area contributed by atoms with Crippen LogP contribution in [0.15, 0.2) is 59.7 Å². The maximum Gasteiger partial charge on any atom is 0.339 e. The highest BCUT2D eigenvalue weighted by Gasteiger charge is 2.13. The highest BCUT2D eigenvalue weighted by atomic mass is 16.2. The third-order valence-electron chi connectivity index (χ3n) is 4.53. The number of hydrogen-bond acceptors (Lipinski definition) is 2. The number of nitrogens with zero attached hydrogens (tertiary/aromatic N) is 2. The van der Waals surface area contributed by atoms with E-state index in [1.54, 1.807) is 6.21 Å². The Balaban J connectivity index is 1.77. The zero-order valence-corrected chi connectivity index (χ0v) is 16.1. The summed E-state index contributed by atoms with van der Waals surface area (Å²) in [5.74, 6) is 0. The fourth-order valence-corrected chi connectivity index (χ4v) is 3.26. The van der Waals surface area contributed by atoms with E-state index in [1.165, 1.54) is 16.8 Å². The van der Waals surface area contributed by atoms with Gasteiger partial charge in [-0.15, -0.1) is 0 Å². The molecule has 0 spiro atoms. The molecule has 0 radical (unpaired) electrons. The number of rotatable bonds is 4. The number of nitrogens with one attached hydrogen (secondary N) is 2. The molecule has 2 N–H and O–H groups in total. The average molecular weight is 360 g/mol. The second-order valence-electron chi connectivity index (χ2n) is 6.59. The number of anilines is 1.